The Kier molecular flexibility index (Phi) is 4.03. The Bertz CT molecular complexity index is 421. The molecular weight excluding hydrogens is 264 g/mol. The Morgan fingerprint density at radius 2 is 1.80 bits per heavy atom. The molecule has 2 saturated heterocycles. The molecule has 0 N–H and O–H groups in total. The second kappa shape index (κ2) is 5.93. The van der Waals surface area contributed by atoms with E-state index in [0.717, 1.165) is 0 Å². The van der Waals surface area contributed by atoms with Crippen molar-refractivity contribution in [2.24, 2.45) is 5.92 Å². The van der Waals surface area contributed by atoms with Gasteiger partial charge in [-0.15, -0.1) is 0 Å². The van der Waals surface area contributed by atoms with Crippen molar-refractivity contribution in [3.8, 4) is 0 Å². The zero-order valence-corrected chi connectivity index (χ0v) is 11.2. The fourth-order valence-corrected chi connectivity index (χ4v) is 2.12. The van der Waals surface area contributed by atoms with Crippen LogP contribution in [0.15, 0.2) is 11.6 Å². The van der Waals surface area contributed by atoms with Crippen molar-refractivity contribution in [3.05, 3.63) is 11.6 Å². The summed E-state index contributed by atoms with van der Waals surface area (Å²) in [5.74, 6) is -0.647. The molecule has 3 rings (SSSR count). The number of esters is 2. The van der Waals surface area contributed by atoms with E-state index < -0.39 is 0 Å². The van der Waals surface area contributed by atoms with E-state index in [-0.39, 0.29) is 30.1 Å². The maximum absolute atomic E-state index is 11.8. The molecule has 0 aromatic heterocycles. The molecule has 0 bridgehead atoms. The normalized spacial score (nSPS) is 31.2. The highest BCUT2D eigenvalue weighted by Gasteiger charge is 2.30. The van der Waals surface area contributed by atoms with Gasteiger partial charge in [0, 0.05) is 5.57 Å². The molecule has 20 heavy (non-hydrogen) atoms. The highest BCUT2D eigenvalue weighted by atomic mass is 16.6. The molecule has 0 spiro atoms. The van der Waals surface area contributed by atoms with Gasteiger partial charge in [-0.3, -0.25) is 4.79 Å². The number of hydrogen-bond acceptors (Lipinski definition) is 6. The van der Waals surface area contributed by atoms with E-state index in [0.29, 0.717) is 51.3 Å². The zero-order chi connectivity index (χ0) is 13.9. The van der Waals surface area contributed by atoms with Crippen LogP contribution in [-0.2, 0) is 28.5 Å². The zero-order valence-electron chi connectivity index (χ0n) is 11.2. The number of carbonyl (C=O) groups excluding carboxylic acids is 2. The molecule has 3 atom stereocenters. The van der Waals surface area contributed by atoms with Gasteiger partial charge in [-0.2, -0.15) is 0 Å². The van der Waals surface area contributed by atoms with Crippen molar-refractivity contribution in [1.29, 1.82) is 0 Å². The number of epoxide rings is 2. The summed E-state index contributed by atoms with van der Waals surface area (Å²) in [5, 5.41) is 0. The molecule has 6 heteroatoms. The third-order valence-electron chi connectivity index (χ3n) is 3.62. The van der Waals surface area contributed by atoms with Crippen LogP contribution < -0.4 is 0 Å². The highest BCUT2D eigenvalue weighted by Crippen LogP contribution is 2.26. The first kappa shape index (κ1) is 13.6. The monoisotopic (exact) mass is 282 g/mol. The fourth-order valence-electron chi connectivity index (χ4n) is 2.12. The van der Waals surface area contributed by atoms with E-state index in [2.05, 4.69) is 0 Å². The van der Waals surface area contributed by atoms with E-state index in [9.17, 15) is 9.59 Å². The Morgan fingerprint density at radius 3 is 2.35 bits per heavy atom. The van der Waals surface area contributed by atoms with E-state index >= 15 is 0 Å². The largest absolute Gasteiger partial charge is 0.463 e. The molecule has 3 aliphatic rings. The molecule has 1 aliphatic carbocycles. The van der Waals surface area contributed by atoms with Crippen LogP contribution in [0.2, 0.25) is 0 Å². The third kappa shape index (κ3) is 3.80. The molecule has 0 amide bonds. The second-order valence-corrected chi connectivity index (χ2v) is 5.34. The summed E-state index contributed by atoms with van der Waals surface area (Å²) >= 11 is 0. The average molecular weight is 282 g/mol. The van der Waals surface area contributed by atoms with E-state index in [1.807, 2.05) is 0 Å². The molecule has 0 aromatic rings. The summed E-state index contributed by atoms with van der Waals surface area (Å²) < 4.78 is 20.2. The number of carbonyl (C=O) groups is 2. The lowest BCUT2D eigenvalue weighted by Crippen LogP contribution is -2.23. The minimum Gasteiger partial charge on any atom is -0.463 e. The third-order valence-corrected chi connectivity index (χ3v) is 3.62. The molecule has 110 valence electrons. The average Bonchev–Trinajstić information content (AvgIpc) is 3.37. The van der Waals surface area contributed by atoms with Crippen molar-refractivity contribution in [2.45, 2.75) is 31.5 Å². The van der Waals surface area contributed by atoms with Gasteiger partial charge < -0.3 is 18.9 Å². The summed E-state index contributed by atoms with van der Waals surface area (Å²) in [4.78, 5) is 23.5. The van der Waals surface area contributed by atoms with Crippen LogP contribution in [0.3, 0.4) is 0 Å². The number of allylic oxidation sites excluding steroid dienone is 1. The van der Waals surface area contributed by atoms with Crippen LogP contribution in [0.1, 0.15) is 19.3 Å². The van der Waals surface area contributed by atoms with Crippen molar-refractivity contribution < 1.29 is 28.5 Å². The van der Waals surface area contributed by atoms with E-state index in [1.165, 1.54) is 0 Å². The van der Waals surface area contributed by atoms with Crippen molar-refractivity contribution in [1.82, 2.24) is 0 Å². The predicted octanol–water partition coefficient (Wildman–Crippen LogP) is 0.597. The Morgan fingerprint density at radius 1 is 1.15 bits per heavy atom. The standard InChI is InChI=1S/C14H18O6/c15-13(19-7-11-5-17-11)9-1-2-10(4-3-9)14(16)20-8-12-6-18-12/h1,10-12H,2-8H2. The van der Waals surface area contributed by atoms with Crippen molar-refractivity contribution in [2.75, 3.05) is 26.4 Å². The first-order chi connectivity index (χ1) is 9.72. The SMILES string of the molecule is O=C(OCC1CO1)C1=CCC(C(=O)OCC2CO2)CC1. The summed E-state index contributed by atoms with van der Waals surface area (Å²) in [6.45, 7) is 2.02. The van der Waals surface area contributed by atoms with Crippen LogP contribution in [0.25, 0.3) is 0 Å². The molecule has 3 unspecified atom stereocenters. The maximum Gasteiger partial charge on any atom is 0.333 e. The van der Waals surface area contributed by atoms with Crippen molar-refractivity contribution in [3.63, 3.8) is 0 Å². The first-order valence-corrected chi connectivity index (χ1v) is 6.98. The molecule has 0 radical (unpaired) electrons. The van der Waals surface area contributed by atoms with Gasteiger partial charge in [-0.05, 0) is 19.3 Å². The lowest BCUT2D eigenvalue weighted by Gasteiger charge is -2.19. The highest BCUT2D eigenvalue weighted by molar-refractivity contribution is 5.89. The smallest absolute Gasteiger partial charge is 0.333 e. The first-order valence-electron chi connectivity index (χ1n) is 6.98. The van der Waals surface area contributed by atoms with Gasteiger partial charge in [-0.1, -0.05) is 6.08 Å². The molecule has 0 saturated carbocycles. The van der Waals surface area contributed by atoms with Gasteiger partial charge >= 0.3 is 11.9 Å². The van der Waals surface area contributed by atoms with E-state index in [1.54, 1.807) is 6.08 Å². The molecule has 2 aliphatic heterocycles. The van der Waals surface area contributed by atoms with Crippen LogP contribution >= 0.6 is 0 Å². The molecule has 2 heterocycles. The van der Waals surface area contributed by atoms with Crippen LogP contribution in [0.4, 0.5) is 0 Å². The summed E-state index contributed by atoms with van der Waals surface area (Å²) in [6, 6.07) is 0. The maximum atomic E-state index is 11.8. The summed E-state index contributed by atoms with van der Waals surface area (Å²) in [5.41, 5.74) is 0.653. The number of rotatable bonds is 6. The quantitative estimate of drug-likeness (QED) is 0.524. The van der Waals surface area contributed by atoms with Crippen LogP contribution in [0.5, 0.6) is 0 Å². The Balaban J connectivity index is 1.41. The van der Waals surface area contributed by atoms with Gasteiger partial charge in [-0.25, -0.2) is 4.79 Å². The Hall–Kier alpha value is -1.40. The van der Waals surface area contributed by atoms with Gasteiger partial charge in [0.05, 0.1) is 19.1 Å². The van der Waals surface area contributed by atoms with Gasteiger partial charge in [0.15, 0.2) is 0 Å². The molecule has 0 aromatic carbocycles. The topological polar surface area (TPSA) is 77.7 Å². The van der Waals surface area contributed by atoms with Gasteiger partial charge in [0.25, 0.3) is 0 Å². The van der Waals surface area contributed by atoms with Crippen LogP contribution in [-0.4, -0.2) is 50.6 Å². The van der Waals surface area contributed by atoms with Crippen LogP contribution in [0, 0.1) is 5.92 Å². The van der Waals surface area contributed by atoms with E-state index in [4.69, 9.17) is 18.9 Å². The summed E-state index contributed by atoms with van der Waals surface area (Å²) in [7, 11) is 0. The summed E-state index contributed by atoms with van der Waals surface area (Å²) in [6.07, 6.45) is 3.69. The number of ether oxygens (including phenoxy) is 4. The second-order valence-electron chi connectivity index (χ2n) is 5.34. The van der Waals surface area contributed by atoms with Gasteiger partial charge in [0.2, 0.25) is 0 Å². The number of hydrogen-bond donors (Lipinski definition) is 0. The Labute approximate surface area is 117 Å². The fraction of sp³-hybridized carbons (Fsp3) is 0.714. The molecule has 2 fully saturated rings. The minimum atomic E-state index is -0.293. The minimum absolute atomic E-state index is 0.0792. The van der Waals surface area contributed by atoms with Crippen molar-refractivity contribution >= 4 is 11.9 Å². The van der Waals surface area contributed by atoms with Gasteiger partial charge in [0.1, 0.15) is 25.4 Å². The predicted molar refractivity (Wildman–Crippen MR) is 66.8 cm³/mol. The molecular formula is C14H18O6. The molecule has 6 nitrogen and oxygen atoms in total. The lowest BCUT2D eigenvalue weighted by molar-refractivity contribution is -0.149. The lowest BCUT2D eigenvalue weighted by atomic mass is 9.89.